The fraction of sp³-hybridized carbons (Fsp3) is 0.349. The monoisotopic (exact) mass is 742 g/mol. The van der Waals surface area contributed by atoms with E-state index in [-0.39, 0.29) is 42.5 Å². The molecular weight excluding hydrogens is 693 g/mol. The molecule has 2 N–H and O–H groups in total. The molecule has 55 heavy (non-hydrogen) atoms. The number of benzene rings is 3. The summed E-state index contributed by atoms with van der Waals surface area (Å²) in [4.78, 5) is 68.2. The van der Waals surface area contributed by atoms with Crippen LogP contribution in [-0.2, 0) is 32.8 Å². The lowest BCUT2D eigenvalue weighted by Gasteiger charge is -2.29. The minimum absolute atomic E-state index is 0.00918. The van der Waals surface area contributed by atoms with Crippen LogP contribution in [0.4, 0.5) is 0 Å². The zero-order chi connectivity index (χ0) is 39.6. The number of ketones is 1. The number of amides is 3. The van der Waals surface area contributed by atoms with Gasteiger partial charge in [-0.15, -0.1) is 0 Å². The van der Waals surface area contributed by atoms with Crippen molar-refractivity contribution in [2.45, 2.75) is 58.8 Å². The summed E-state index contributed by atoms with van der Waals surface area (Å²) in [5.41, 5.74) is 6.91. The Bertz CT molecular complexity index is 2250. The number of likely N-dealkylation sites (N-methyl/N-ethyl adjacent to an activating group) is 2. The van der Waals surface area contributed by atoms with Crippen molar-refractivity contribution in [3.63, 3.8) is 0 Å². The maximum absolute atomic E-state index is 13.4. The third-order valence-corrected chi connectivity index (χ3v) is 10.7. The average molecular weight is 743 g/mol. The number of aromatic amines is 1. The van der Waals surface area contributed by atoms with Crippen molar-refractivity contribution in [1.29, 1.82) is 0 Å². The van der Waals surface area contributed by atoms with Gasteiger partial charge in [0.05, 0.1) is 42.9 Å². The van der Waals surface area contributed by atoms with E-state index in [4.69, 9.17) is 0 Å². The summed E-state index contributed by atoms with van der Waals surface area (Å²) in [5, 5.41) is 4.75. The van der Waals surface area contributed by atoms with Crippen molar-refractivity contribution in [2.75, 3.05) is 27.7 Å². The summed E-state index contributed by atoms with van der Waals surface area (Å²) in [7, 11) is 7.64. The predicted octanol–water partition coefficient (Wildman–Crippen LogP) is 5.77. The molecule has 12 heteroatoms. The fourth-order valence-electron chi connectivity index (χ4n) is 7.39. The second-order valence-electron chi connectivity index (χ2n) is 15.0. The number of Topliss-reactive ketones (excluding diaryl/α,β-unsaturated/α-hetero) is 1. The smallest absolute Gasteiger partial charge is 0.246 e. The van der Waals surface area contributed by atoms with Crippen molar-refractivity contribution in [3.05, 3.63) is 96.4 Å². The van der Waals surface area contributed by atoms with Crippen molar-refractivity contribution in [3.8, 4) is 33.6 Å². The van der Waals surface area contributed by atoms with E-state index in [0.29, 0.717) is 18.8 Å². The molecule has 12 nitrogen and oxygen atoms in total. The number of hydrogen-bond acceptors (Lipinski definition) is 7. The zero-order valence-corrected chi connectivity index (χ0v) is 32.8. The quantitative estimate of drug-likeness (QED) is 0.116. The van der Waals surface area contributed by atoms with Crippen LogP contribution in [0.25, 0.3) is 44.4 Å². The molecule has 1 aliphatic rings. The van der Waals surface area contributed by atoms with Crippen LogP contribution in [0.1, 0.15) is 51.8 Å². The van der Waals surface area contributed by atoms with Gasteiger partial charge >= 0.3 is 0 Å². The summed E-state index contributed by atoms with van der Waals surface area (Å²) in [6, 6.07) is 19.4. The molecule has 3 heterocycles. The number of imidazole rings is 2. The van der Waals surface area contributed by atoms with Gasteiger partial charge in [0.25, 0.3) is 0 Å². The number of nitrogens with one attached hydrogen (secondary N) is 2. The standard InChI is InChI=1S/C43H50N8O4/c1-9-27(4)40(48(5)6)43(55)49(7)24-38-44-22-37(50(38)8)29-12-10-28(11-13-29)30-14-15-32-19-33(17-16-31(32)18-30)35-21-45-41(47-35)36-20-34(53)23-51(36)42(54)39(26(2)3)46-25-52/h9-19,21-22,25-26,36,39-40H,20,23-24H2,1-8H3,(H,45,47)(H,46,52). The normalized spacial score (nSPS) is 15.9. The Morgan fingerprint density at radius 2 is 1.58 bits per heavy atom. The highest BCUT2D eigenvalue weighted by atomic mass is 16.2. The average Bonchev–Trinajstić information content (AvgIpc) is 3.91. The molecule has 1 fully saturated rings. The van der Waals surface area contributed by atoms with Gasteiger partial charge in [-0.2, -0.15) is 0 Å². The SMILES string of the molecule is CC=C(C)C(C(=O)N(C)Cc1ncc(-c2ccc(-c3ccc4cc(-c5cnc(C6CC(=O)CN6C(=O)C(NC=O)C(C)C)[nH]5)ccc4c3)cc2)n1C)N(C)C. The topological polar surface area (TPSA) is 137 Å². The number of carbonyl (C=O) groups excluding carboxylic acids is 4. The Hall–Kier alpha value is -5.88. The summed E-state index contributed by atoms with van der Waals surface area (Å²) in [6.07, 6.45) is 6.27. The molecule has 0 radical (unpaired) electrons. The first-order chi connectivity index (χ1) is 26.3. The highest BCUT2D eigenvalue weighted by Gasteiger charge is 2.40. The summed E-state index contributed by atoms with van der Waals surface area (Å²) in [6.45, 7) is 8.04. The molecule has 0 saturated carbocycles. The highest BCUT2D eigenvalue weighted by Crippen LogP contribution is 2.33. The number of rotatable bonds is 13. The van der Waals surface area contributed by atoms with Crippen LogP contribution >= 0.6 is 0 Å². The lowest BCUT2D eigenvalue weighted by molar-refractivity contribution is -0.137. The van der Waals surface area contributed by atoms with Crippen LogP contribution in [0.15, 0.2) is 84.7 Å². The van der Waals surface area contributed by atoms with Crippen LogP contribution in [-0.4, -0.2) is 98.0 Å². The van der Waals surface area contributed by atoms with Crippen molar-refractivity contribution < 1.29 is 19.2 Å². The predicted molar refractivity (Wildman–Crippen MR) is 214 cm³/mol. The summed E-state index contributed by atoms with van der Waals surface area (Å²) < 4.78 is 2.04. The largest absolute Gasteiger partial charge is 0.347 e. The number of carbonyl (C=O) groups is 4. The van der Waals surface area contributed by atoms with E-state index in [1.807, 2.05) is 83.7 Å². The van der Waals surface area contributed by atoms with Crippen LogP contribution < -0.4 is 5.32 Å². The van der Waals surface area contributed by atoms with Gasteiger partial charge in [0, 0.05) is 26.1 Å². The Kier molecular flexibility index (Phi) is 11.5. The molecule has 1 aliphatic heterocycles. The van der Waals surface area contributed by atoms with E-state index in [1.54, 1.807) is 11.1 Å². The Labute approximate surface area is 322 Å². The molecule has 5 aromatic rings. The lowest BCUT2D eigenvalue weighted by atomic mass is 9.98. The minimum Gasteiger partial charge on any atom is -0.347 e. The van der Waals surface area contributed by atoms with E-state index in [9.17, 15) is 19.2 Å². The number of fused-ring (bicyclic) bond motifs is 1. The Morgan fingerprint density at radius 1 is 0.945 bits per heavy atom. The molecule has 3 amide bonds. The first-order valence-corrected chi connectivity index (χ1v) is 18.6. The van der Waals surface area contributed by atoms with E-state index in [0.717, 1.165) is 55.8 Å². The second-order valence-corrected chi connectivity index (χ2v) is 15.0. The second kappa shape index (κ2) is 16.2. The third-order valence-electron chi connectivity index (χ3n) is 10.7. The van der Waals surface area contributed by atoms with E-state index >= 15 is 0 Å². The van der Waals surface area contributed by atoms with Gasteiger partial charge in [-0.05, 0) is 73.5 Å². The molecule has 3 aromatic carbocycles. The molecule has 1 saturated heterocycles. The molecule has 0 spiro atoms. The van der Waals surface area contributed by atoms with Crippen LogP contribution in [0.5, 0.6) is 0 Å². The van der Waals surface area contributed by atoms with Gasteiger partial charge in [-0.1, -0.05) is 74.0 Å². The Balaban J connectivity index is 1.16. The Morgan fingerprint density at radius 3 is 2.22 bits per heavy atom. The number of aromatic nitrogens is 4. The molecule has 3 atom stereocenters. The maximum atomic E-state index is 13.4. The van der Waals surface area contributed by atoms with Gasteiger partial charge in [0.1, 0.15) is 23.7 Å². The molecule has 0 aliphatic carbocycles. The number of allylic oxidation sites excluding steroid dienone is 1. The first-order valence-electron chi connectivity index (χ1n) is 18.6. The molecule has 3 unspecified atom stereocenters. The maximum Gasteiger partial charge on any atom is 0.246 e. The molecular formula is C43H50N8O4. The van der Waals surface area contributed by atoms with Crippen LogP contribution in [0.2, 0.25) is 0 Å². The van der Waals surface area contributed by atoms with E-state index in [1.165, 1.54) is 4.90 Å². The minimum atomic E-state index is -0.719. The van der Waals surface area contributed by atoms with Gasteiger partial charge in [0.2, 0.25) is 18.2 Å². The molecule has 0 bridgehead atoms. The van der Waals surface area contributed by atoms with Crippen molar-refractivity contribution in [2.24, 2.45) is 13.0 Å². The van der Waals surface area contributed by atoms with Gasteiger partial charge < -0.3 is 24.7 Å². The number of hydrogen-bond donors (Lipinski definition) is 2. The summed E-state index contributed by atoms with van der Waals surface area (Å²) in [5.74, 6) is 0.905. The third kappa shape index (κ3) is 8.00. The van der Waals surface area contributed by atoms with Gasteiger partial charge in [-0.3, -0.25) is 24.1 Å². The lowest BCUT2D eigenvalue weighted by Crippen LogP contribution is -2.49. The molecule has 286 valence electrons. The first kappa shape index (κ1) is 38.8. The number of H-pyrrole nitrogens is 1. The highest BCUT2D eigenvalue weighted by molar-refractivity contribution is 5.93. The fourth-order valence-corrected chi connectivity index (χ4v) is 7.39. The van der Waals surface area contributed by atoms with Gasteiger partial charge in [-0.25, -0.2) is 9.97 Å². The number of likely N-dealkylation sites (tertiary alicyclic amines) is 1. The molecule has 2 aromatic heterocycles. The number of nitrogens with zero attached hydrogens (tertiary/aromatic N) is 6. The summed E-state index contributed by atoms with van der Waals surface area (Å²) >= 11 is 0. The van der Waals surface area contributed by atoms with Gasteiger partial charge in [0.15, 0.2) is 5.78 Å². The van der Waals surface area contributed by atoms with Crippen LogP contribution in [0.3, 0.4) is 0 Å². The van der Waals surface area contributed by atoms with Crippen molar-refractivity contribution >= 4 is 34.8 Å². The van der Waals surface area contributed by atoms with E-state index in [2.05, 4.69) is 74.9 Å². The molecule has 6 rings (SSSR count). The van der Waals surface area contributed by atoms with E-state index < -0.39 is 12.1 Å². The van der Waals surface area contributed by atoms with Crippen LogP contribution in [0, 0.1) is 5.92 Å². The zero-order valence-electron chi connectivity index (χ0n) is 32.8. The van der Waals surface area contributed by atoms with Crippen molar-refractivity contribution in [1.82, 2.24) is 39.5 Å².